The monoisotopic (exact) mass is 179 g/mol. The van der Waals surface area contributed by atoms with E-state index < -0.39 is 0 Å². The van der Waals surface area contributed by atoms with Crippen LogP contribution in [0.1, 0.15) is 43.0 Å². The summed E-state index contributed by atoms with van der Waals surface area (Å²) in [6, 6.07) is 0.0515. The third-order valence-corrected chi connectivity index (χ3v) is 2.82. The molecule has 0 saturated heterocycles. The predicted octanol–water partition coefficient (Wildman–Crippen LogP) is 1.32. The molecule has 1 aliphatic carbocycles. The van der Waals surface area contributed by atoms with Crippen molar-refractivity contribution < 1.29 is 0 Å². The normalized spacial score (nSPS) is 18.4. The highest BCUT2D eigenvalue weighted by Gasteiger charge is 2.18. The summed E-state index contributed by atoms with van der Waals surface area (Å²) in [5.74, 6) is 1.03. The molecule has 0 aliphatic heterocycles. The van der Waals surface area contributed by atoms with Crippen molar-refractivity contribution in [3.8, 4) is 0 Å². The number of nitrogens with two attached hydrogens (primary N) is 1. The van der Waals surface area contributed by atoms with Crippen molar-refractivity contribution in [3.63, 3.8) is 0 Å². The van der Waals surface area contributed by atoms with E-state index in [1.807, 2.05) is 6.92 Å². The van der Waals surface area contributed by atoms with Gasteiger partial charge in [0, 0.05) is 12.7 Å². The summed E-state index contributed by atoms with van der Waals surface area (Å²) in [5.41, 5.74) is 8.52. The highest BCUT2D eigenvalue weighted by Crippen LogP contribution is 2.22. The van der Waals surface area contributed by atoms with Crippen molar-refractivity contribution in [1.29, 1.82) is 0 Å². The second-order valence-corrected chi connectivity index (χ2v) is 3.92. The molecule has 2 rings (SSSR count). The molecule has 3 nitrogen and oxygen atoms in total. The number of imidazole rings is 1. The minimum atomic E-state index is 0.0515. The van der Waals surface area contributed by atoms with E-state index in [0.717, 1.165) is 12.2 Å². The summed E-state index contributed by atoms with van der Waals surface area (Å²) >= 11 is 0. The van der Waals surface area contributed by atoms with Gasteiger partial charge < -0.3 is 10.3 Å². The summed E-state index contributed by atoms with van der Waals surface area (Å²) in [6.45, 7) is 1.99. The van der Waals surface area contributed by atoms with Gasteiger partial charge in [-0.25, -0.2) is 4.98 Å². The van der Waals surface area contributed by atoms with Crippen LogP contribution in [0.25, 0.3) is 0 Å². The molecule has 0 fully saturated rings. The van der Waals surface area contributed by atoms with Crippen LogP contribution in [0.15, 0.2) is 0 Å². The Balaban J connectivity index is 2.44. The summed E-state index contributed by atoms with van der Waals surface area (Å²) in [7, 11) is 2.08. The van der Waals surface area contributed by atoms with Crippen LogP contribution in [0.4, 0.5) is 0 Å². The molecule has 72 valence electrons. The molecule has 0 saturated carbocycles. The topological polar surface area (TPSA) is 43.8 Å². The summed E-state index contributed by atoms with van der Waals surface area (Å²) < 4.78 is 2.18. The highest BCUT2D eigenvalue weighted by atomic mass is 15.1. The minimum Gasteiger partial charge on any atom is -0.334 e. The van der Waals surface area contributed by atoms with Gasteiger partial charge in [-0.15, -0.1) is 0 Å². The van der Waals surface area contributed by atoms with E-state index in [1.165, 1.54) is 30.7 Å². The number of rotatable bonds is 1. The average molecular weight is 179 g/mol. The van der Waals surface area contributed by atoms with Crippen LogP contribution in [0.5, 0.6) is 0 Å². The highest BCUT2D eigenvalue weighted by molar-refractivity contribution is 5.20. The Morgan fingerprint density at radius 1 is 1.38 bits per heavy atom. The Labute approximate surface area is 79.0 Å². The van der Waals surface area contributed by atoms with Crippen molar-refractivity contribution in [1.82, 2.24) is 9.55 Å². The number of aromatic nitrogens is 2. The smallest absolute Gasteiger partial charge is 0.125 e. The molecule has 0 spiro atoms. The lowest BCUT2D eigenvalue weighted by atomic mass is 10.0. The molecule has 1 aromatic heterocycles. The van der Waals surface area contributed by atoms with Gasteiger partial charge in [-0.05, 0) is 32.6 Å². The number of fused-ring (bicyclic) bond motifs is 1. The zero-order valence-electron chi connectivity index (χ0n) is 8.38. The van der Waals surface area contributed by atoms with Gasteiger partial charge in [0.05, 0.1) is 11.7 Å². The molecule has 0 amide bonds. The maximum absolute atomic E-state index is 5.84. The van der Waals surface area contributed by atoms with E-state index in [2.05, 4.69) is 16.6 Å². The first-order chi connectivity index (χ1) is 6.20. The zero-order valence-corrected chi connectivity index (χ0v) is 8.38. The van der Waals surface area contributed by atoms with Crippen molar-refractivity contribution in [3.05, 3.63) is 17.2 Å². The molecule has 0 bridgehead atoms. The molecule has 2 N–H and O–H groups in total. The standard InChI is InChI=1S/C10H17N3/c1-7(11)10-12-8-5-3-4-6-9(8)13(10)2/h7H,3-6,11H2,1-2H3/t7-/m0/s1. The molecule has 13 heavy (non-hydrogen) atoms. The first-order valence-corrected chi connectivity index (χ1v) is 5.00. The fraction of sp³-hybridized carbons (Fsp3) is 0.700. The Morgan fingerprint density at radius 2 is 2.08 bits per heavy atom. The lowest BCUT2D eigenvalue weighted by Crippen LogP contribution is -2.12. The number of hydrogen-bond acceptors (Lipinski definition) is 2. The Kier molecular flexibility index (Phi) is 2.12. The van der Waals surface area contributed by atoms with E-state index in [9.17, 15) is 0 Å². The zero-order chi connectivity index (χ0) is 9.42. The van der Waals surface area contributed by atoms with Gasteiger partial charge in [-0.2, -0.15) is 0 Å². The number of hydrogen-bond donors (Lipinski definition) is 1. The second-order valence-electron chi connectivity index (χ2n) is 3.92. The van der Waals surface area contributed by atoms with Gasteiger partial charge in [0.25, 0.3) is 0 Å². The van der Waals surface area contributed by atoms with Gasteiger partial charge in [0.2, 0.25) is 0 Å². The van der Waals surface area contributed by atoms with Gasteiger partial charge in [0.1, 0.15) is 5.82 Å². The van der Waals surface area contributed by atoms with Gasteiger partial charge in [0.15, 0.2) is 0 Å². The van der Waals surface area contributed by atoms with Crippen molar-refractivity contribution >= 4 is 0 Å². The van der Waals surface area contributed by atoms with E-state index in [0.29, 0.717) is 0 Å². The molecule has 3 heteroatoms. The van der Waals surface area contributed by atoms with Crippen molar-refractivity contribution in [2.75, 3.05) is 0 Å². The van der Waals surface area contributed by atoms with Crippen molar-refractivity contribution in [2.24, 2.45) is 12.8 Å². The summed E-state index contributed by atoms with van der Waals surface area (Å²) in [4.78, 5) is 4.59. The number of nitrogens with zero attached hydrogens (tertiary/aromatic N) is 2. The molecule has 1 atom stereocenters. The molecular formula is C10H17N3. The van der Waals surface area contributed by atoms with Crippen LogP contribution in [0.3, 0.4) is 0 Å². The Bertz CT molecular complexity index is 312. The van der Waals surface area contributed by atoms with Gasteiger partial charge >= 0.3 is 0 Å². The largest absolute Gasteiger partial charge is 0.334 e. The third-order valence-electron chi connectivity index (χ3n) is 2.82. The maximum Gasteiger partial charge on any atom is 0.125 e. The Hall–Kier alpha value is -0.830. The van der Waals surface area contributed by atoms with Crippen LogP contribution in [-0.2, 0) is 19.9 Å². The quantitative estimate of drug-likeness (QED) is 0.706. The molecule has 0 radical (unpaired) electrons. The fourth-order valence-electron chi connectivity index (χ4n) is 2.11. The molecule has 0 unspecified atom stereocenters. The molecule has 0 aromatic carbocycles. The van der Waals surface area contributed by atoms with Crippen LogP contribution in [-0.4, -0.2) is 9.55 Å². The van der Waals surface area contributed by atoms with Gasteiger partial charge in [-0.3, -0.25) is 0 Å². The molecular weight excluding hydrogens is 162 g/mol. The third kappa shape index (κ3) is 1.37. The van der Waals surface area contributed by atoms with E-state index in [1.54, 1.807) is 0 Å². The van der Waals surface area contributed by atoms with Crippen LogP contribution >= 0.6 is 0 Å². The lowest BCUT2D eigenvalue weighted by Gasteiger charge is -2.11. The summed E-state index contributed by atoms with van der Waals surface area (Å²) in [6.07, 6.45) is 4.88. The summed E-state index contributed by atoms with van der Waals surface area (Å²) in [5, 5.41) is 0. The van der Waals surface area contributed by atoms with Crippen LogP contribution in [0, 0.1) is 0 Å². The SMILES string of the molecule is C[C@H](N)c1nc2c(n1C)CCCC2. The van der Waals surface area contributed by atoms with Gasteiger partial charge in [-0.1, -0.05) is 0 Å². The second kappa shape index (κ2) is 3.14. The van der Waals surface area contributed by atoms with Crippen LogP contribution in [0.2, 0.25) is 0 Å². The molecule has 1 aliphatic rings. The predicted molar refractivity (Wildman–Crippen MR) is 52.5 cm³/mol. The molecule has 1 heterocycles. The van der Waals surface area contributed by atoms with E-state index in [-0.39, 0.29) is 6.04 Å². The van der Waals surface area contributed by atoms with E-state index in [4.69, 9.17) is 5.73 Å². The lowest BCUT2D eigenvalue weighted by molar-refractivity contribution is 0.629. The van der Waals surface area contributed by atoms with Crippen molar-refractivity contribution in [2.45, 2.75) is 38.6 Å². The average Bonchev–Trinajstić information content (AvgIpc) is 2.45. The Morgan fingerprint density at radius 3 is 2.69 bits per heavy atom. The van der Waals surface area contributed by atoms with E-state index >= 15 is 0 Å². The fourth-order valence-corrected chi connectivity index (χ4v) is 2.11. The minimum absolute atomic E-state index is 0.0515. The van der Waals surface area contributed by atoms with Crippen LogP contribution < -0.4 is 5.73 Å². The number of aryl methyl sites for hydroxylation is 1. The first kappa shape index (κ1) is 8.75. The molecule has 1 aromatic rings. The maximum atomic E-state index is 5.84. The first-order valence-electron chi connectivity index (χ1n) is 5.00.